The molecule has 0 aliphatic rings. The van der Waals surface area contributed by atoms with Gasteiger partial charge in [-0.05, 0) is 34.1 Å². The number of carbonyl (C=O) groups is 1. The van der Waals surface area contributed by atoms with Crippen LogP contribution in [-0.4, -0.2) is 23.7 Å². The van der Waals surface area contributed by atoms with Crippen LogP contribution < -0.4 is 0 Å². The molecule has 7 heteroatoms. The normalized spacial score (nSPS) is 11.4. The predicted octanol–water partition coefficient (Wildman–Crippen LogP) is 1.70. The molecule has 0 aromatic carbocycles. The van der Waals surface area contributed by atoms with Gasteiger partial charge in [0.25, 0.3) is 10.0 Å². The van der Waals surface area contributed by atoms with Gasteiger partial charge in [0.15, 0.2) is 6.29 Å². The summed E-state index contributed by atoms with van der Waals surface area (Å²) in [4.78, 5) is 14.4. The van der Waals surface area contributed by atoms with E-state index in [1.807, 2.05) is 0 Å². The zero-order valence-corrected chi connectivity index (χ0v) is 10.8. The van der Waals surface area contributed by atoms with Gasteiger partial charge < -0.3 is 0 Å². The van der Waals surface area contributed by atoms with Gasteiger partial charge in [0.05, 0.1) is 0 Å². The van der Waals surface area contributed by atoms with E-state index in [1.54, 1.807) is 0 Å². The van der Waals surface area contributed by atoms with E-state index in [-0.39, 0.29) is 10.5 Å². The van der Waals surface area contributed by atoms with Crippen LogP contribution in [0.15, 0.2) is 46.3 Å². The zero-order valence-electron chi connectivity index (χ0n) is 8.45. The summed E-state index contributed by atoms with van der Waals surface area (Å²) in [5, 5.41) is 0. The van der Waals surface area contributed by atoms with E-state index >= 15 is 0 Å². The monoisotopic (exact) mass is 314 g/mol. The number of aldehydes is 1. The Bertz CT molecular complexity index is 649. The molecule has 0 saturated heterocycles. The molecule has 0 spiro atoms. The molecule has 0 atom stereocenters. The van der Waals surface area contributed by atoms with Crippen LogP contribution in [-0.2, 0) is 10.0 Å². The molecule has 0 saturated carbocycles. The van der Waals surface area contributed by atoms with Gasteiger partial charge in [-0.25, -0.2) is 12.4 Å². The second-order valence-corrected chi connectivity index (χ2v) is 5.83. The standard InChI is InChI=1S/C10H7BrN2O3S/c11-10-4-8(7-14)6-13(10)17(15,16)9-2-1-3-12-5-9/h1-7H. The van der Waals surface area contributed by atoms with Crippen LogP contribution in [0.5, 0.6) is 0 Å². The van der Waals surface area contributed by atoms with Gasteiger partial charge in [0, 0.05) is 24.2 Å². The van der Waals surface area contributed by atoms with E-state index in [9.17, 15) is 13.2 Å². The molecule has 0 bridgehead atoms. The van der Waals surface area contributed by atoms with Crippen LogP contribution >= 0.6 is 15.9 Å². The fourth-order valence-electron chi connectivity index (χ4n) is 1.30. The molecule has 88 valence electrons. The second kappa shape index (κ2) is 4.42. The molecule has 0 aliphatic carbocycles. The van der Waals surface area contributed by atoms with Crippen LogP contribution in [0.4, 0.5) is 0 Å². The van der Waals surface area contributed by atoms with E-state index in [1.165, 1.54) is 36.8 Å². The van der Waals surface area contributed by atoms with Crippen molar-refractivity contribution in [2.24, 2.45) is 0 Å². The third-order valence-corrected chi connectivity index (χ3v) is 4.59. The first-order valence-corrected chi connectivity index (χ1v) is 6.77. The zero-order chi connectivity index (χ0) is 12.5. The summed E-state index contributed by atoms with van der Waals surface area (Å²) in [7, 11) is -3.71. The Hall–Kier alpha value is -1.47. The number of halogens is 1. The lowest BCUT2D eigenvalue weighted by Crippen LogP contribution is -2.12. The average molecular weight is 315 g/mol. The number of aromatic nitrogens is 2. The lowest BCUT2D eigenvalue weighted by molar-refractivity contribution is 0.112. The summed E-state index contributed by atoms with van der Waals surface area (Å²) >= 11 is 3.10. The molecule has 0 radical (unpaired) electrons. The summed E-state index contributed by atoms with van der Waals surface area (Å²) in [6, 6.07) is 4.40. The van der Waals surface area contributed by atoms with E-state index in [0.29, 0.717) is 10.9 Å². The number of carbonyl (C=O) groups excluding carboxylic acids is 1. The van der Waals surface area contributed by atoms with Crippen molar-refractivity contribution in [1.29, 1.82) is 0 Å². The summed E-state index contributed by atoms with van der Waals surface area (Å²) in [5.41, 5.74) is 0.282. The lowest BCUT2D eigenvalue weighted by atomic mass is 10.4. The van der Waals surface area contributed by atoms with Crippen LogP contribution in [0.3, 0.4) is 0 Å². The average Bonchev–Trinajstić information content (AvgIpc) is 2.72. The fourth-order valence-corrected chi connectivity index (χ4v) is 3.45. The number of hydrogen-bond acceptors (Lipinski definition) is 4. The minimum absolute atomic E-state index is 0.0637. The SMILES string of the molecule is O=Cc1cc(Br)n(S(=O)(=O)c2cccnc2)c1. The molecule has 2 heterocycles. The quantitative estimate of drug-likeness (QED) is 0.808. The molecule has 5 nitrogen and oxygen atoms in total. The van der Waals surface area contributed by atoms with E-state index in [0.717, 1.165) is 3.97 Å². The highest BCUT2D eigenvalue weighted by atomic mass is 79.9. The van der Waals surface area contributed by atoms with Crippen molar-refractivity contribution in [1.82, 2.24) is 8.96 Å². The molecule has 2 rings (SSSR count). The first-order valence-electron chi connectivity index (χ1n) is 4.54. The largest absolute Gasteiger partial charge is 0.298 e. The lowest BCUT2D eigenvalue weighted by Gasteiger charge is -2.05. The van der Waals surface area contributed by atoms with Gasteiger partial charge >= 0.3 is 0 Å². The van der Waals surface area contributed by atoms with Crippen molar-refractivity contribution < 1.29 is 13.2 Å². The minimum Gasteiger partial charge on any atom is -0.298 e. The maximum absolute atomic E-state index is 12.2. The Morgan fingerprint density at radius 1 is 1.41 bits per heavy atom. The first kappa shape index (κ1) is 12.0. The maximum Gasteiger partial charge on any atom is 0.270 e. The molecule has 0 unspecified atom stereocenters. The van der Waals surface area contributed by atoms with Gasteiger partial charge in [-0.1, -0.05) is 0 Å². The molecule has 0 N–H and O–H groups in total. The molecule has 2 aromatic rings. The first-order chi connectivity index (χ1) is 8.05. The molecule has 0 fully saturated rings. The van der Waals surface area contributed by atoms with Crippen LogP contribution in [0.2, 0.25) is 0 Å². The summed E-state index contributed by atoms with van der Waals surface area (Å²) < 4.78 is 25.6. The molecule has 17 heavy (non-hydrogen) atoms. The number of hydrogen-bond donors (Lipinski definition) is 0. The highest BCUT2D eigenvalue weighted by Crippen LogP contribution is 2.21. The highest BCUT2D eigenvalue weighted by Gasteiger charge is 2.19. The fraction of sp³-hybridized carbons (Fsp3) is 0. The topological polar surface area (TPSA) is 69.0 Å². The van der Waals surface area contributed by atoms with Gasteiger partial charge in [-0.2, -0.15) is 0 Å². The maximum atomic E-state index is 12.2. The molecular weight excluding hydrogens is 308 g/mol. The molecule has 0 amide bonds. The van der Waals surface area contributed by atoms with Gasteiger partial charge in [-0.3, -0.25) is 9.78 Å². The van der Waals surface area contributed by atoms with Crippen molar-refractivity contribution >= 4 is 32.2 Å². The third kappa shape index (κ3) is 2.16. The van der Waals surface area contributed by atoms with Crippen molar-refractivity contribution in [3.8, 4) is 0 Å². The molecule has 0 aliphatic heterocycles. The van der Waals surface area contributed by atoms with E-state index in [2.05, 4.69) is 20.9 Å². The summed E-state index contributed by atoms with van der Waals surface area (Å²) in [6.07, 6.45) is 4.57. The predicted molar refractivity (Wildman–Crippen MR) is 64.3 cm³/mol. The Morgan fingerprint density at radius 3 is 2.71 bits per heavy atom. The minimum atomic E-state index is -3.71. The summed E-state index contributed by atoms with van der Waals surface area (Å²) in [5.74, 6) is 0. The Labute approximate surface area is 106 Å². The molecule has 2 aromatic heterocycles. The van der Waals surface area contributed by atoms with Crippen LogP contribution in [0, 0.1) is 0 Å². The van der Waals surface area contributed by atoms with Crippen LogP contribution in [0.25, 0.3) is 0 Å². The van der Waals surface area contributed by atoms with Crippen molar-refractivity contribution in [2.45, 2.75) is 4.90 Å². The summed E-state index contributed by atoms with van der Waals surface area (Å²) in [6.45, 7) is 0. The van der Waals surface area contributed by atoms with Crippen molar-refractivity contribution in [3.63, 3.8) is 0 Å². The van der Waals surface area contributed by atoms with E-state index < -0.39 is 10.0 Å². The van der Waals surface area contributed by atoms with Crippen molar-refractivity contribution in [3.05, 3.63) is 47.0 Å². The smallest absolute Gasteiger partial charge is 0.270 e. The highest BCUT2D eigenvalue weighted by molar-refractivity contribution is 9.10. The van der Waals surface area contributed by atoms with Crippen LogP contribution in [0.1, 0.15) is 10.4 Å². The third-order valence-electron chi connectivity index (χ3n) is 2.09. The van der Waals surface area contributed by atoms with Gasteiger partial charge in [-0.15, -0.1) is 0 Å². The Kier molecular flexibility index (Phi) is 3.12. The van der Waals surface area contributed by atoms with Gasteiger partial charge in [0.2, 0.25) is 0 Å². The van der Waals surface area contributed by atoms with Gasteiger partial charge in [0.1, 0.15) is 9.50 Å². The second-order valence-electron chi connectivity index (χ2n) is 3.20. The Balaban J connectivity index is 2.60. The molecular formula is C10H7BrN2O3S. The Morgan fingerprint density at radius 2 is 2.18 bits per heavy atom. The number of nitrogens with zero attached hydrogens (tertiary/aromatic N) is 2. The van der Waals surface area contributed by atoms with E-state index in [4.69, 9.17) is 0 Å². The van der Waals surface area contributed by atoms with Crippen molar-refractivity contribution in [2.75, 3.05) is 0 Å². The number of rotatable bonds is 3. The number of pyridine rings is 1.